The molecule has 7 heteroatoms. The van der Waals surface area contributed by atoms with Gasteiger partial charge in [-0.1, -0.05) is 27.7 Å². The van der Waals surface area contributed by atoms with Crippen molar-refractivity contribution < 1.29 is 4.42 Å². The van der Waals surface area contributed by atoms with Gasteiger partial charge in [-0.3, -0.25) is 10.8 Å². The van der Waals surface area contributed by atoms with E-state index >= 15 is 0 Å². The summed E-state index contributed by atoms with van der Waals surface area (Å²) in [6.07, 6.45) is 0. The van der Waals surface area contributed by atoms with E-state index in [1.54, 1.807) is 9.80 Å². The van der Waals surface area contributed by atoms with Gasteiger partial charge in [-0.25, -0.2) is 0 Å². The highest BCUT2D eigenvalue weighted by atomic mass is 16.3. The van der Waals surface area contributed by atoms with Gasteiger partial charge in [0.15, 0.2) is 11.9 Å². The zero-order chi connectivity index (χ0) is 24.1. The fourth-order valence-electron chi connectivity index (χ4n) is 3.68. The van der Waals surface area contributed by atoms with Crippen LogP contribution in [0.15, 0.2) is 65.1 Å². The molecule has 33 heavy (non-hydrogen) atoms. The predicted molar refractivity (Wildman–Crippen MR) is 138 cm³/mol. The fraction of sp³-hybridized carbons (Fsp3) is 0.308. The highest BCUT2D eigenvalue weighted by Gasteiger charge is 2.14. The van der Waals surface area contributed by atoms with Crippen LogP contribution in [0, 0.1) is 22.7 Å². The van der Waals surface area contributed by atoms with Crippen LogP contribution in [0.25, 0.3) is 22.6 Å². The maximum absolute atomic E-state index is 7.86. The molecule has 0 aliphatic heterocycles. The summed E-state index contributed by atoms with van der Waals surface area (Å²) in [6, 6.07) is 19.7. The molecule has 0 bridgehead atoms. The molecule has 0 spiro atoms. The number of hydrogen-bond donors (Lipinski definition) is 4. The molecule has 7 nitrogen and oxygen atoms in total. The first kappa shape index (κ1) is 23.9. The van der Waals surface area contributed by atoms with Gasteiger partial charge in [0.25, 0.3) is 0 Å². The summed E-state index contributed by atoms with van der Waals surface area (Å²) in [5, 5.41) is 15.7. The van der Waals surface area contributed by atoms with E-state index in [1.807, 2.05) is 60.7 Å². The number of benzene rings is 2. The number of hydrogen-bond acceptors (Lipinski definition) is 3. The maximum atomic E-state index is 7.86. The van der Waals surface area contributed by atoms with Crippen LogP contribution in [0.3, 0.4) is 0 Å². The predicted octanol–water partition coefficient (Wildman–Crippen LogP) is 5.33. The molecule has 0 fully saturated rings. The highest BCUT2D eigenvalue weighted by Crippen LogP contribution is 2.31. The summed E-state index contributed by atoms with van der Waals surface area (Å²) < 4.78 is 6.12. The second-order valence-corrected chi connectivity index (χ2v) is 9.04. The van der Waals surface area contributed by atoms with Crippen molar-refractivity contribution in [2.45, 2.75) is 27.7 Å². The Morgan fingerprint density at radius 3 is 1.27 bits per heavy atom. The van der Waals surface area contributed by atoms with Crippen molar-refractivity contribution in [1.82, 2.24) is 0 Å². The Kier molecular flexibility index (Phi) is 7.43. The minimum absolute atomic E-state index is 0.0388. The van der Waals surface area contributed by atoms with E-state index in [-0.39, 0.29) is 11.9 Å². The molecule has 0 amide bonds. The molecule has 2 aromatic carbocycles. The molecule has 3 aromatic rings. The topological polar surface area (TPSA) is 119 Å². The number of anilines is 2. The summed E-state index contributed by atoms with van der Waals surface area (Å²) in [4.78, 5) is 3.60. The van der Waals surface area contributed by atoms with Crippen molar-refractivity contribution in [3.05, 3.63) is 60.7 Å². The van der Waals surface area contributed by atoms with Gasteiger partial charge in [-0.15, -0.1) is 0 Å². The summed E-state index contributed by atoms with van der Waals surface area (Å²) in [5.74, 6) is 2.39. The molecule has 0 aliphatic carbocycles. The molecule has 0 aliphatic rings. The minimum Gasteiger partial charge on any atom is -0.456 e. The van der Waals surface area contributed by atoms with E-state index in [2.05, 4.69) is 27.7 Å². The molecule has 3 rings (SSSR count). The third-order valence-corrected chi connectivity index (χ3v) is 5.21. The lowest BCUT2D eigenvalue weighted by Gasteiger charge is -2.24. The summed E-state index contributed by atoms with van der Waals surface area (Å²) >= 11 is 0. The van der Waals surface area contributed by atoms with Crippen LogP contribution >= 0.6 is 0 Å². The molecule has 0 saturated heterocycles. The SMILES string of the molecule is CC(C)CN(C(=N)N)c1ccc(-c2ccc(-c3ccc(N(CC(C)C)C(=N)N)cc3)o2)cc1. The van der Waals surface area contributed by atoms with Gasteiger partial charge in [-0.05, 0) is 72.5 Å². The lowest BCUT2D eigenvalue weighted by Crippen LogP contribution is -2.39. The van der Waals surface area contributed by atoms with Crippen LogP contribution in [0.2, 0.25) is 0 Å². The van der Waals surface area contributed by atoms with Crippen LogP contribution in [0.4, 0.5) is 11.4 Å². The molecule has 1 aromatic heterocycles. The lowest BCUT2D eigenvalue weighted by atomic mass is 10.1. The molecule has 0 saturated carbocycles. The standard InChI is InChI=1S/C26H34N6O/c1-17(2)15-31(25(27)28)21-9-5-19(6-10-21)23-13-14-24(33-23)20-7-11-22(12-8-20)32(26(29)30)16-18(3)4/h5-14,17-18H,15-16H2,1-4H3,(H3,27,28)(H3,29,30). The zero-order valence-corrected chi connectivity index (χ0v) is 19.8. The van der Waals surface area contributed by atoms with Crippen molar-refractivity contribution in [3.63, 3.8) is 0 Å². The Hall–Kier alpha value is -3.74. The van der Waals surface area contributed by atoms with E-state index in [9.17, 15) is 0 Å². The summed E-state index contributed by atoms with van der Waals surface area (Å²) in [6.45, 7) is 9.78. The Morgan fingerprint density at radius 1 is 0.667 bits per heavy atom. The van der Waals surface area contributed by atoms with E-state index in [0.29, 0.717) is 24.9 Å². The second-order valence-electron chi connectivity index (χ2n) is 9.04. The first-order valence-corrected chi connectivity index (χ1v) is 11.2. The Morgan fingerprint density at radius 2 is 1.00 bits per heavy atom. The van der Waals surface area contributed by atoms with Crippen LogP contribution in [0.1, 0.15) is 27.7 Å². The lowest BCUT2D eigenvalue weighted by molar-refractivity contribution is 0.597. The number of nitrogens with two attached hydrogens (primary N) is 2. The van der Waals surface area contributed by atoms with Crippen molar-refractivity contribution in [1.29, 1.82) is 10.8 Å². The fourth-order valence-corrected chi connectivity index (χ4v) is 3.68. The molecule has 0 atom stereocenters. The second kappa shape index (κ2) is 10.3. The molecule has 1 heterocycles. The van der Waals surface area contributed by atoms with E-state index in [0.717, 1.165) is 34.0 Å². The number of guanidine groups is 2. The molecule has 6 N–H and O–H groups in total. The Labute approximate surface area is 196 Å². The first-order chi connectivity index (χ1) is 15.7. The van der Waals surface area contributed by atoms with Gasteiger partial charge in [-0.2, -0.15) is 0 Å². The molecular weight excluding hydrogens is 412 g/mol. The minimum atomic E-state index is 0.0388. The first-order valence-electron chi connectivity index (χ1n) is 11.2. The monoisotopic (exact) mass is 446 g/mol. The largest absolute Gasteiger partial charge is 0.456 e. The average molecular weight is 447 g/mol. The molecular formula is C26H34N6O. The van der Waals surface area contributed by atoms with Crippen LogP contribution in [-0.4, -0.2) is 25.0 Å². The van der Waals surface area contributed by atoms with Gasteiger partial charge in [0.2, 0.25) is 0 Å². The maximum Gasteiger partial charge on any atom is 0.192 e. The van der Waals surface area contributed by atoms with Gasteiger partial charge in [0.05, 0.1) is 0 Å². The molecule has 174 valence electrons. The average Bonchev–Trinajstić information content (AvgIpc) is 3.26. The van der Waals surface area contributed by atoms with Crippen molar-refractivity contribution in [2.75, 3.05) is 22.9 Å². The Bertz CT molecular complexity index is 997. The zero-order valence-electron chi connectivity index (χ0n) is 19.8. The normalized spacial score (nSPS) is 11.1. The number of nitrogens with zero attached hydrogens (tertiary/aromatic N) is 2. The number of nitrogens with one attached hydrogen (secondary N) is 2. The van der Waals surface area contributed by atoms with Gasteiger partial charge in [0.1, 0.15) is 11.5 Å². The van der Waals surface area contributed by atoms with Gasteiger partial charge < -0.3 is 25.7 Å². The third kappa shape index (κ3) is 5.94. The number of rotatable bonds is 8. The summed E-state index contributed by atoms with van der Waals surface area (Å²) in [5.41, 5.74) is 15.2. The third-order valence-electron chi connectivity index (χ3n) is 5.21. The van der Waals surface area contributed by atoms with Crippen molar-refractivity contribution >= 4 is 23.3 Å². The van der Waals surface area contributed by atoms with Crippen LogP contribution < -0.4 is 21.3 Å². The van der Waals surface area contributed by atoms with Crippen LogP contribution in [-0.2, 0) is 0 Å². The van der Waals surface area contributed by atoms with Crippen molar-refractivity contribution in [3.8, 4) is 22.6 Å². The van der Waals surface area contributed by atoms with E-state index in [4.69, 9.17) is 26.7 Å². The smallest absolute Gasteiger partial charge is 0.192 e. The molecule has 0 unspecified atom stereocenters. The Balaban J connectivity index is 1.78. The summed E-state index contributed by atoms with van der Waals surface area (Å²) in [7, 11) is 0. The van der Waals surface area contributed by atoms with Crippen LogP contribution in [0.5, 0.6) is 0 Å². The van der Waals surface area contributed by atoms with Gasteiger partial charge >= 0.3 is 0 Å². The highest BCUT2D eigenvalue weighted by molar-refractivity contribution is 5.93. The van der Waals surface area contributed by atoms with Crippen molar-refractivity contribution in [2.24, 2.45) is 23.3 Å². The van der Waals surface area contributed by atoms with E-state index in [1.165, 1.54) is 0 Å². The van der Waals surface area contributed by atoms with Gasteiger partial charge in [0, 0.05) is 35.6 Å². The number of furan rings is 1. The molecule has 0 radical (unpaired) electrons. The quantitative estimate of drug-likeness (QED) is 0.275. The van der Waals surface area contributed by atoms with E-state index < -0.39 is 0 Å².